The summed E-state index contributed by atoms with van der Waals surface area (Å²) in [5.74, 6) is -2.63. The van der Waals surface area contributed by atoms with E-state index in [1.165, 1.54) is 10.6 Å². The molecule has 1 amide bonds. The van der Waals surface area contributed by atoms with Gasteiger partial charge < -0.3 is 5.32 Å². The Morgan fingerprint density at radius 2 is 1.88 bits per heavy atom. The molecule has 0 aliphatic heterocycles. The van der Waals surface area contributed by atoms with E-state index in [2.05, 4.69) is 10.3 Å². The third-order valence-electron chi connectivity index (χ3n) is 4.76. The molecule has 4 rings (SSSR count). The molecule has 0 fully saturated rings. The molecule has 0 unspecified atom stereocenters. The SMILES string of the molecule is Cc1c(Cl)cccc1-n1c(SCC(=O)Nc2ccc(F)c(F)c2)nc2ccccc2c1=O. The van der Waals surface area contributed by atoms with Crippen molar-refractivity contribution < 1.29 is 13.6 Å². The zero-order valence-corrected chi connectivity index (χ0v) is 18.3. The molecule has 0 saturated carbocycles. The molecule has 0 aliphatic carbocycles. The number of rotatable bonds is 5. The van der Waals surface area contributed by atoms with Crippen LogP contribution in [-0.4, -0.2) is 21.2 Å². The van der Waals surface area contributed by atoms with Crippen LogP contribution < -0.4 is 10.9 Å². The molecule has 9 heteroatoms. The largest absolute Gasteiger partial charge is 0.325 e. The normalized spacial score (nSPS) is 11.0. The number of thioether (sulfide) groups is 1. The molecular weight excluding hydrogens is 456 g/mol. The maximum absolute atomic E-state index is 13.4. The summed E-state index contributed by atoms with van der Waals surface area (Å²) in [5.41, 5.74) is 1.59. The molecule has 1 heterocycles. The van der Waals surface area contributed by atoms with E-state index >= 15 is 0 Å². The first-order valence-corrected chi connectivity index (χ1v) is 10.9. The van der Waals surface area contributed by atoms with E-state index in [-0.39, 0.29) is 17.0 Å². The van der Waals surface area contributed by atoms with Crippen molar-refractivity contribution in [3.63, 3.8) is 0 Å². The van der Waals surface area contributed by atoms with E-state index in [0.29, 0.717) is 32.3 Å². The quantitative estimate of drug-likeness (QED) is 0.314. The average Bonchev–Trinajstić information content (AvgIpc) is 2.77. The van der Waals surface area contributed by atoms with Crippen LogP contribution in [0, 0.1) is 18.6 Å². The number of hydrogen-bond acceptors (Lipinski definition) is 4. The molecule has 1 aromatic heterocycles. The number of carbonyl (C=O) groups excluding carboxylic acids is 1. The summed E-state index contributed by atoms with van der Waals surface area (Å²) >= 11 is 7.31. The van der Waals surface area contributed by atoms with Gasteiger partial charge in [0.15, 0.2) is 16.8 Å². The van der Waals surface area contributed by atoms with Crippen molar-refractivity contribution in [2.45, 2.75) is 12.1 Å². The van der Waals surface area contributed by atoms with E-state index < -0.39 is 17.5 Å². The molecule has 162 valence electrons. The van der Waals surface area contributed by atoms with Crippen LogP contribution in [0.3, 0.4) is 0 Å². The number of benzene rings is 3. The van der Waals surface area contributed by atoms with Gasteiger partial charge in [-0.15, -0.1) is 0 Å². The van der Waals surface area contributed by atoms with Gasteiger partial charge in [0.2, 0.25) is 5.91 Å². The standard InChI is InChI=1S/C23H16ClF2N3O2S/c1-13-16(24)6-4-8-20(13)29-22(31)15-5-2-3-7-19(15)28-23(29)32-12-21(30)27-14-9-10-17(25)18(26)11-14/h2-11H,12H2,1H3,(H,27,30). The van der Waals surface area contributed by atoms with Crippen molar-refractivity contribution >= 4 is 45.9 Å². The van der Waals surface area contributed by atoms with Gasteiger partial charge >= 0.3 is 0 Å². The van der Waals surface area contributed by atoms with Gasteiger partial charge in [0.1, 0.15) is 0 Å². The lowest BCUT2D eigenvalue weighted by Gasteiger charge is -2.15. The summed E-state index contributed by atoms with van der Waals surface area (Å²) in [7, 11) is 0. The molecule has 0 aliphatic rings. The summed E-state index contributed by atoms with van der Waals surface area (Å²) in [6.07, 6.45) is 0. The monoisotopic (exact) mass is 471 g/mol. The van der Waals surface area contributed by atoms with Gasteiger partial charge in [0, 0.05) is 16.8 Å². The van der Waals surface area contributed by atoms with Gasteiger partial charge in [-0.1, -0.05) is 41.6 Å². The number of carbonyl (C=O) groups is 1. The van der Waals surface area contributed by atoms with Crippen LogP contribution >= 0.6 is 23.4 Å². The number of aromatic nitrogens is 2. The lowest BCUT2D eigenvalue weighted by molar-refractivity contribution is -0.113. The van der Waals surface area contributed by atoms with Crippen molar-refractivity contribution in [2.24, 2.45) is 0 Å². The van der Waals surface area contributed by atoms with Crippen LogP contribution in [0.25, 0.3) is 16.6 Å². The minimum Gasteiger partial charge on any atom is -0.325 e. The highest BCUT2D eigenvalue weighted by atomic mass is 35.5. The number of anilines is 1. The van der Waals surface area contributed by atoms with Crippen molar-refractivity contribution in [1.82, 2.24) is 9.55 Å². The Morgan fingerprint density at radius 1 is 1.09 bits per heavy atom. The number of amides is 1. The highest BCUT2D eigenvalue weighted by Gasteiger charge is 2.17. The molecule has 0 spiro atoms. The first-order chi connectivity index (χ1) is 15.3. The fraction of sp³-hybridized carbons (Fsp3) is 0.0870. The fourth-order valence-corrected chi connectivity index (χ4v) is 4.14. The van der Waals surface area contributed by atoms with Crippen LogP contribution in [0.1, 0.15) is 5.56 Å². The lowest BCUT2D eigenvalue weighted by atomic mass is 10.2. The number of nitrogens with zero attached hydrogens (tertiary/aromatic N) is 2. The summed E-state index contributed by atoms with van der Waals surface area (Å²) in [6.45, 7) is 1.80. The second kappa shape index (κ2) is 9.10. The van der Waals surface area contributed by atoms with Crippen LogP contribution in [0.5, 0.6) is 0 Å². The Bertz CT molecular complexity index is 1410. The zero-order chi connectivity index (χ0) is 22.8. The first-order valence-electron chi connectivity index (χ1n) is 9.50. The Labute approximate surface area is 191 Å². The minimum atomic E-state index is -1.06. The number of halogens is 3. The van der Waals surface area contributed by atoms with Crippen LogP contribution in [0.2, 0.25) is 5.02 Å². The molecule has 5 nitrogen and oxygen atoms in total. The van der Waals surface area contributed by atoms with E-state index in [4.69, 9.17) is 11.6 Å². The molecule has 0 saturated heterocycles. The second-order valence-electron chi connectivity index (χ2n) is 6.90. The van der Waals surface area contributed by atoms with E-state index in [1.54, 1.807) is 49.4 Å². The highest BCUT2D eigenvalue weighted by Crippen LogP contribution is 2.26. The molecule has 32 heavy (non-hydrogen) atoms. The maximum Gasteiger partial charge on any atom is 0.266 e. The van der Waals surface area contributed by atoms with Gasteiger partial charge in [0.05, 0.1) is 22.3 Å². The number of fused-ring (bicyclic) bond motifs is 1. The first kappa shape index (κ1) is 22.0. The van der Waals surface area contributed by atoms with Crippen LogP contribution in [-0.2, 0) is 4.79 Å². The third-order valence-corrected chi connectivity index (χ3v) is 6.11. The Hall–Kier alpha value is -3.23. The molecule has 1 N–H and O–H groups in total. The number of nitrogens with one attached hydrogen (secondary N) is 1. The Kier molecular flexibility index (Phi) is 6.25. The molecule has 0 radical (unpaired) electrons. The summed E-state index contributed by atoms with van der Waals surface area (Å²) in [5, 5.41) is 3.74. The Balaban J connectivity index is 1.70. The smallest absolute Gasteiger partial charge is 0.266 e. The molecule has 0 atom stereocenters. The summed E-state index contributed by atoms with van der Waals surface area (Å²) in [4.78, 5) is 30.3. The topological polar surface area (TPSA) is 64.0 Å². The van der Waals surface area contributed by atoms with Gasteiger partial charge in [-0.3, -0.25) is 14.2 Å². The van der Waals surface area contributed by atoms with Gasteiger partial charge in [-0.2, -0.15) is 0 Å². The third kappa shape index (κ3) is 4.37. The van der Waals surface area contributed by atoms with Crippen LogP contribution in [0.4, 0.5) is 14.5 Å². The van der Waals surface area contributed by atoms with E-state index in [0.717, 1.165) is 23.9 Å². The van der Waals surface area contributed by atoms with Gasteiger partial charge in [0.25, 0.3) is 5.56 Å². The van der Waals surface area contributed by atoms with Crippen molar-refractivity contribution in [3.8, 4) is 5.69 Å². The molecular formula is C23H16ClF2N3O2S. The van der Waals surface area contributed by atoms with Gasteiger partial charge in [-0.05, 0) is 48.9 Å². The lowest BCUT2D eigenvalue weighted by Crippen LogP contribution is -2.23. The van der Waals surface area contributed by atoms with Crippen LogP contribution in [0.15, 0.2) is 70.6 Å². The zero-order valence-electron chi connectivity index (χ0n) is 16.7. The van der Waals surface area contributed by atoms with Crippen molar-refractivity contribution in [1.29, 1.82) is 0 Å². The van der Waals surface area contributed by atoms with Crippen molar-refractivity contribution in [2.75, 3.05) is 11.1 Å². The van der Waals surface area contributed by atoms with E-state index in [9.17, 15) is 18.4 Å². The predicted octanol–water partition coefficient (Wildman–Crippen LogP) is 5.36. The summed E-state index contributed by atoms with van der Waals surface area (Å²) < 4.78 is 27.9. The Morgan fingerprint density at radius 3 is 2.66 bits per heavy atom. The molecule has 4 aromatic rings. The van der Waals surface area contributed by atoms with Gasteiger partial charge in [-0.25, -0.2) is 13.8 Å². The molecule has 3 aromatic carbocycles. The maximum atomic E-state index is 13.4. The number of hydrogen-bond donors (Lipinski definition) is 1. The second-order valence-corrected chi connectivity index (χ2v) is 8.25. The average molecular weight is 472 g/mol. The number of para-hydroxylation sites is 1. The highest BCUT2D eigenvalue weighted by molar-refractivity contribution is 7.99. The molecule has 0 bridgehead atoms. The summed E-state index contributed by atoms with van der Waals surface area (Å²) in [6, 6.07) is 15.2. The predicted molar refractivity (Wildman–Crippen MR) is 123 cm³/mol. The van der Waals surface area contributed by atoms with Crippen molar-refractivity contribution in [3.05, 3.63) is 93.2 Å². The van der Waals surface area contributed by atoms with E-state index in [1.807, 2.05) is 0 Å². The minimum absolute atomic E-state index is 0.108. The fourth-order valence-electron chi connectivity index (χ4n) is 3.16.